The van der Waals surface area contributed by atoms with E-state index < -0.39 is 28.5 Å². The van der Waals surface area contributed by atoms with Crippen molar-refractivity contribution in [3.63, 3.8) is 0 Å². The molecule has 0 aliphatic rings. The summed E-state index contributed by atoms with van der Waals surface area (Å²) < 4.78 is 28.7. The quantitative estimate of drug-likeness (QED) is 0.272. The molecule has 7 nitrogen and oxygen atoms in total. The Balaban J connectivity index is 2.06. The van der Waals surface area contributed by atoms with Crippen molar-refractivity contribution >= 4 is 50.7 Å². The van der Waals surface area contributed by atoms with Gasteiger partial charge >= 0.3 is 0 Å². The van der Waals surface area contributed by atoms with Crippen LogP contribution in [0.5, 0.6) is 0 Å². The van der Waals surface area contributed by atoms with Crippen molar-refractivity contribution in [2.24, 2.45) is 5.92 Å². The van der Waals surface area contributed by atoms with E-state index in [2.05, 4.69) is 5.32 Å². The van der Waals surface area contributed by atoms with E-state index in [0.717, 1.165) is 15.4 Å². The van der Waals surface area contributed by atoms with Crippen LogP contribution in [0.3, 0.4) is 0 Å². The highest BCUT2D eigenvalue weighted by Crippen LogP contribution is 2.30. The number of benzene rings is 3. The van der Waals surface area contributed by atoms with Crippen molar-refractivity contribution in [3.8, 4) is 0 Å². The van der Waals surface area contributed by atoms with Crippen LogP contribution in [0.15, 0.2) is 77.7 Å². The molecule has 3 rings (SSSR count). The number of nitrogens with one attached hydrogen (secondary N) is 1. The van der Waals surface area contributed by atoms with Gasteiger partial charge in [-0.3, -0.25) is 13.9 Å². The maximum atomic E-state index is 14.1. The summed E-state index contributed by atoms with van der Waals surface area (Å²) in [5.41, 5.74) is 2.01. The van der Waals surface area contributed by atoms with E-state index in [0.29, 0.717) is 13.0 Å². The van der Waals surface area contributed by atoms with Crippen molar-refractivity contribution in [2.75, 3.05) is 17.4 Å². The first-order valence-electron chi connectivity index (χ1n) is 13.1. The van der Waals surface area contributed by atoms with Crippen molar-refractivity contribution in [3.05, 3.63) is 94.0 Å². The molecule has 40 heavy (non-hydrogen) atoms. The molecule has 0 heterocycles. The molecule has 3 aromatic carbocycles. The SMILES string of the molecule is CC[C@@H](C(=O)NCC(C)C)N(Cc1ccc(C)cc1)C(=O)CN(c1cc(Cl)cc(Cl)c1)S(=O)(=O)c1ccccc1. The molecular formula is C30H35Cl2N3O4S. The van der Waals surface area contributed by atoms with E-state index in [1.807, 2.05) is 52.0 Å². The number of hydrogen-bond acceptors (Lipinski definition) is 4. The average molecular weight is 605 g/mol. The highest BCUT2D eigenvalue weighted by Gasteiger charge is 2.34. The van der Waals surface area contributed by atoms with E-state index >= 15 is 0 Å². The maximum Gasteiger partial charge on any atom is 0.264 e. The van der Waals surface area contributed by atoms with Crippen molar-refractivity contribution < 1.29 is 18.0 Å². The lowest BCUT2D eigenvalue weighted by Crippen LogP contribution is -2.52. The fourth-order valence-electron chi connectivity index (χ4n) is 4.16. The van der Waals surface area contributed by atoms with Gasteiger partial charge in [-0.25, -0.2) is 8.42 Å². The average Bonchev–Trinajstić information content (AvgIpc) is 2.91. The summed E-state index contributed by atoms with van der Waals surface area (Å²) in [6.45, 7) is 7.78. The van der Waals surface area contributed by atoms with Crippen LogP contribution >= 0.6 is 23.2 Å². The molecule has 214 valence electrons. The van der Waals surface area contributed by atoms with Gasteiger partial charge < -0.3 is 10.2 Å². The number of hydrogen-bond donors (Lipinski definition) is 1. The van der Waals surface area contributed by atoms with Crippen LogP contribution in [0, 0.1) is 12.8 Å². The van der Waals surface area contributed by atoms with E-state index in [1.165, 1.54) is 35.2 Å². The van der Waals surface area contributed by atoms with Gasteiger partial charge in [-0.1, -0.05) is 92.0 Å². The van der Waals surface area contributed by atoms with Gasteiger partial charge in [0.05, 0.1) is 10.6 Å². The smallest absolute Gasteiger partial charge is 0.264 e. The summed E-state index contributed by atoms with van der Waals surface area (Å²) in [6, 6.07) is 19.0. The molecule has 2 amide bonds. The third kappa shape index (κ3) is 8.22. The Labute approximate surface area is 247 Å². The van der Waals surface area contributed by atoms with Crippen LogP contribution < -0.4 is 9.62 Å². The van der Waals surface area contributed by atoms with E-state index in [9.17, 15) is 18.0 Å². The number of aryl methyl sites for hydroxylation is 1. The minimum atomic E-state index is -4.20. The third-order valence-corrected chi connectivity index (χ3v) is 8.51. The molecule has 1 N–H and O–H groups in total. The van der Waals surface area contributed by atoms with Crippen LogP contribution in [0.2, 0.25) is 10.0 Å². The molecule has 0 saturated carbocycles. The molecule has 0 aliphatic heterocycles. The van der Waals surface area contributed by atoms with Crippen molar-refractivity contribution in [2.45, 2.75) is 51.6 Å². The van der Waals surface area contributed by atoms with Crippen LogP contribution in [-0.4, -0.2) is 44.3 Å². The highest BCUT2D eigenvalue weighted by molar-refractivity contribution is 7.92. The first-order chi connectivity index (χ1) is 18.9. The summed E-state index contributed by atoms with van der Waals surface area (Å²) in [7, 11) is -4.20. The summed E-state index contributed by atoms with van der Waals surface area (Å²) in [6.07, 6.45) is 0.343. The number of rotatable bonds is 12. The van der Waals surface area contributed by atoms with Crippen LogP contribution in [0.25, 0.3) is 0 Å². The molecule has 3 aromatic rings. The monoisotopic (exact) mass is 603 g/mol. The first-order valence-corrected chi connectivity index (χ1v) is 15.3. The molecular weight excluding hydrogens is 569 g/mol. The van der Waals surface area contributed by atoms with Crippen LogP contribution in [0.1, 0.15) is 38.3 Å². The van der Waals surface area contributed by atoms with Crippen LogP contribution in [-0.2, 0) is 26.2 Å². The lowest BCUT2D eigenvalue weighted by Gasteiger charge is -2.33. The number of carbonyl (C=O) groups is 2. The number of nitrogens with zero attached hydrogens (tertiary/aromatic N) is 2. The number of anilines is 1. The van der Waals surface area contributed by atoms with E-state index in [-0.39, 0.29) is 39.0 Å². The summed E-state index contributed by atoms with van der Waals surface area (Å²) in [4.78, 5) is 28.8. The highest BCUT2D eigenvalue weighted by atomic mass is 35.5. The summed E-state index contributed by atoms with van der Waals surface area (Å²) in [5.74, 6) is -0.607. The number of amides is 2. The lowest BCUT2D eigenvalue weighted by atomic mass is 10.1. The second-order valence-corrected chi connectivity index (χ2v) is 12.8. The fourth-order valence-corrected chi connectivity index (χ4v) is 6.10. The number of sulfonamides is 1. The molecule has 0 bridgehead atoms. The second kappa shape index (κ2) is 14.0. The minimum absolute atomic E-state index is 0.00528. The van der Waals surface area contributed by atoms with Gasteiger partial charge in [-0.05, 0) is 55.2 Å². The normalized spacial score (nSPS) is 12.2. The molecule has 10 heteroatoms. The predicted molar refractivity (Wildman–Crippen MR) is 161 cm³/mol. The van der Waals surface area contributed by atoms with Gasteiger partial charge in [-0.15, -0.1) is 0 Å². The Morgan fingerprint density at radius 3 is 2.08 bits per heavy atom. The Bertz CT molecular complexity index is 1390. The molecule has 0 aliphatic carbocycles. The van der Waals surface area contributed by atoms with Gasteiger partial charge in [0.15, 0.2) is 0 Å². The topological polar surface area (TPSA) is 86.8 Å². The van der Waals surface area contributed by atoms with Gasteiger partial charge in [0.25, 0.3) is 10.0 Å². The minimum Gasteiger partial charge on any atom is -0.354 e. The molecule has 1 atom stereocenters. The zero-order valence-corrected chi connectivity index (χ0v) is 25.4. The lowest BCUT2D eigenvalue weighted by molar-refractivity contribution is -0.140. The number of halogens is 2. The summed E-state index contributed by atoms with van der Waals surface area (Å²) >= 11 is 12.5. The molecule has 0 radical (unpaired) electrons. The Morgan fingerprint density at radius 1 is 0.925 bits per heavy atom. The second-order valence-electron chi connectivity index (χ2n) is 10.0. The zero-order chi connectivity index (χ0) is 29.4. The van der Waals surface area contributed by atoms with Crippen molar-refractivity contribution in [1.29, 1.82) is 0 Å². The molecule has 0 aromatic heterocycles. The van der Waals surface area contributed by atoms with Gasteiger partial charge in [0, 0.05) is 23.1 Å². The van der Waals surface area contributed by atoms with Gasteiger partial charge in [0.2, 0.25) is 11.8 Å². The van der Waals surface area contributed by atoms with E-state index in [1.54, 1.807) is 18.2 Å². The number of carbonyl (C=O) groups excluding carboxylic acids is 2. The Hall–Kier alpha value is -3.07. The predicted octanol–water partition coefficient (Wildman–Crippen LogP) is 6.08. The maximum absolute atomic E-state index is 14.1. The largest absolute Gasteiger partial charge is 0.354 e. The fraction of sp³-hybridized carbons (Fsp3) is 0.333. The first kappa shape index (κ1) is 31.5. The van der Waals surface area contributed by atoms with Crippen LogP contribution in [0.4, 0.5) is 5.69 Å². The summed E-state index contributed by atoms with van der Waals surface area (Å²) in [5, 5.41) is 3.36. The zero-order valence-electron chi connectivity index (χ0n) is 23.1. The van der Waals surface area contributed by atoms with Crippen molar-refractivity contribution in [1.82, 2.24) is 10.2 Å². The standard InChI is InChI=1S/C30H35Cl2N3O4S/c1-5-28(30(37)33-18-21(2)3)34(19-23-13-11-22(4)12-14-23)29(36)20-35(26-16-24(31)15-25(32)17-26)40(38,39)27-9-7-6-8-10-27/h6-17,21,28H,5,18-20H2,1-4H3,(H,33,37)/t28-/m0/s1. The van der Waals surface area contributed by atoms with Gasteiger partial charge in [-0.2, -0.15) is 0 Å². The Kier molecular flexibility index (Phi) is 11.0. The molecule has 0 fully saturated rings. The molecule has 0 saturated heterocycles. The van der Waals surface area contributed by atoms with Gasteiger partial charge in [0.1, 0.15) is 12.6 Å². The molecule has 0 unspecified atom stereocenters. The Morgan fingerprint density at radius 2 is 1.52 bits per heavy atom. The third-order valence-electron chi connectivity index (χ3n) is 6.29. The van der Waals surface area contributed by atoms with E-state index in [4.69, 9.17) is 23.2 Å². The molecule has 0 spiro atoms.